The van der Waals surface area contributed by atoms with Gasteiger partial charge in [-0.1, -0.05) is 0 Å². The Morgan fingerprint density at radius 2 is 2.20 bits per heavy atom. The fourth-order valence-corrected chi connectivity index (χ4v) is 2.79. The molecule has 1 aliphatic heterocycles. The molecule has 1 rings (SSSR count). The highest BCUT2D eigenvalue weighted by atomic mass is 32.2. The molecular weight excluding hydrogens is 142 g/mol. The first-order valence-corrected chi connectivity index (χ1v) is 5.02. The molecule has 1 aliphatic rings. The summed E-state index contributed by atoms with van der Waals surface area (Å²) in [4.78, 5) is 0. The van der Waals surface area contributed by atoms with E-state index in [0.717, 1.165) is 5.25 Å². The summed E-state index contributed by atoms with van der Waals surface area (Å²) in [7, 11) is 2.05. The van der Waals surface area contributed by atoms with Gasteiger partial charge in [0.15, 0.2) is 0 Å². The van der Waals surface area contributed by atoms with Crippen LogP contribution < -0.4 is 5.32 Å². The maximum atomic E-state index is 3.36. The average molecular weight is 159 g/mol. The van der Waals surface area contributed by atoms with Crippen LogP contribution in [-0.4, -0.2) is 23.6 Å². The summed E-state index contributed by atoms with van der Waals surface area (Å²) in [5.74, 6) is 1.36. The van der Waals surface area contributed by atoms with Gasteiger partial charge in [0.2, 0.25) is 0 Å². The van der Waals surface area contributed by atoms with E-state index in [0.29, 0.717) is 5.54 Å². The zero-order valence-corrected chi connectivity index (χ0v) is 7.92. The Morgan fingerprint density at radius 3 is 2.60 bits per heavy atom. The van der Waals surface area contributed by atoms with Crippen molar-refractivity contribution in [2.45, 2.75) is 37.5 Å². The highest BCUT2D eigenvalue weighted by Crippen LogP contribution is 2.33. The van der Waals surface area contributed by atoms with Crippen molar-refractivity contribution in [3.8, 4) is 0 Å². The Hall–Kier alpha value is 0.310. The summed E-state index contributed by atoms with van der Waals surface area (Å²) in [5.41, 5.74) is 0.334. The number of thioether (sulfide) groups is 1. The van der Waals surface area contributed by atoms with Crippen LogP contribution in [0.5, 0.6) is 0 Å². The summed E-state index contributed by atoms with van der Waals surface area (Å²) in [6.07, 6.45) is 2.79. The summed E-state index contributed by atoms with van der Waals surface area (Å²) in [6, 6.07) is 0. The molecule has 0 bridgehead atoms. The maximum Gasteiger partial charge on any atom is 0.0240 e. The second-order valence-corrected chi connectivity index (χ2v) is 4.78. The second kappa shape index (κ2) is 3.14. The third-order valence-corrected chi connectivity index (χ3v) is 4.13. The number of nitrogens with one attached hydrogen (secondary N) is 1. The lowest BCUT2D eigenvalue weighted by Gasteiger charge is -2.30. The molecule has 60 valence electrons. The molecule has 0 aromatic carbocycles. The fourth-order valence-electron chi connectivity index (χ4n) is 1.31. The fraction of sp³-hybridized carbons (Fsp3) is 1.00. The van der Waals surface area contributed by atoms with Crippen molar-refractivity contribution in [3.63, 3.8) is 0 Å². The highest BCUT2D eigenvalue weighted by molar-refractivity contribution is 8.00. The van der Waals surface area contributed by atoms with E-state index in [1.807, 2.05) is 0 Å². The summed E-state index contributed by atoms with van der Waals surface area (Å²) in [6.45, 7) is 4.58. The molecule has 0 radical (unpaired) electrons. The van der Waals surface area contributed by atoms with Gasteiger partial charge in [-0.3, -0.25) is 0 Å². The van der Waals surface area contributed by atoms with Crippen LogP contribution in [0.15, 0.2) is 0 Å². The third kappa shape index (κ3) is 1.67. The lowest BCUT2D eigenvalue weighted by Crippen LogP contribution is -2.44. The van der Waals surface area contributed by atoms with Crippen molar-refractivity contribution in [3.05, 3.63) is 0 Å². The van der Waals surface area contributed by atoms with Crippen LogP contribution in [0.3, 0.4) is 0 Å². The predicted molar refractivity (Wildman–Crippen MR) is 48.6 cm³/mol. The molecule has 0 aliphatic carbocycles. The molecule has 2 heteroatoms. The van der Waals surface area contributed by atoms with Gasteiger partial charge < -0.3 is 5.32 Å². The van der Waals surface area contributed by atoms with Gasteiger partial charge in [0.05, 0.1) is 0 Å². The summed E-state index contributed by atoms with van der Waals surface area (Å²) in [5, 5.41) is 4.19. The van der Waals surface area contributed by atoms with Gasteiger partial charge in [-0.2, -0.15) is 11.8 Å². The van der Waals surface area contributed by atoms with Crippen LogP contribution in [0.4, 0.5) is 0 Å². The molecule has 0 saturated carbocycles. The number of hydrogen-bond acceptors (Lipinski definition) is 2. The molecule has 10 heavy (non-hydrogen) atoms. The second-order valence-electron chi connectivity index (χ2n) is 3.47. The quantitative estimate of drug-likeness (QED) is 0.660. The van der Waals surface area contributed by atoms with E-state index in [4.69, 9.17) is 0 Å². The summed E-state index contributed by atoms with van der Waals surface area (Å²) >= 11 is 2.11. The number of hydrogen-bond donors (Lipinski definition) is 1. The first-order chi connectivity index (χ1) is 4.67. The van der Waals surface area contributed by atoms with Gasteiger partial charge in [0.1, 0.15) is 0 Å². The minimum Gasteiger partial charge on any atom is -0.314 e. The molecule has 1 unspecified atom stereocenters. The van der Waals surface area contributed by atoms with Crippen LogP contribution in [0, 0.1) is 0 Å². The Labute approximate surface area is 68.0 Å². The van der Waals surface area contributed by atoms with Crippen molar-refractivity contribution in [1.82, 2.24) is 5.32 Å². The minimum atomic E-state index is 0.334. The van der Waals surface area contributed by atoms with E-state index >= 15 is 0 Å². The lowest BCUT2D eigenvalue weighted by molar-refractivity contribution is 0.401. The zero-order valence-electron chi connectivity index (χ0n) is 7.11. The van der Waals surface area contributed by atoms with Crippen molar-refractivity contribution < 1.29 is 0 Å². The molecule has 1 nitrogen and oxygen atoms in total. The normalized spacial score (nSPS) is 27.3. The monoisotopic (exact) mass is 159 g/mol. The Morgan fingerprint density at radius 1 is 1.50 bits per heavy atom. The van der Waals surface area contributed by atoms with Crippen molar-refractivity contribution in [2.24, 2.45) is 0 Å². The van der Waals surface area contributed by atoms with E-state index in [2.05, 4.69) is 38.0 Å². The van der Waals surface area contributed by atoms with Crippen molar-refractivity contribution in [2.75, 3.05) is 12.8 Å². The average Bonchev–Trinajstić information content (AvgIpc) is 2.38. The third-order valence-electron chi connectivity index (χ3n) is 2.38. The summed E-state index contributed by atoms with van der Waals surface area (Å²) < 4.78 is 0. The lowest BCUT2D eigenvalue weighted by atomic mass is 9.97. The van der Waals surface area contributed by atoms with E-state index in [1.54, 1.807) is 0 Å². The van der Waals surface area contributed by atoms with Crippen LogP contribution in [-0.2, 0) is 0 Å². The molecule has 1 saturated heterocycles. The molecule has 1 atom stereocenters. The van der Waals surface area contributed by atoms with Gasteiger partial charge in [-0.25, -0.2) is 0 Å². The van der Waals surface area contributed by atoms with Gasteiger partial charge >= 0.3 is 0 Å². The van der Waals surface area contributed by atoms with Crippen LogP contribution in [0.25, 0.3) is 0 Å². The zero-order chi connectivity index (χ0) is 7.61. The smallest absolute Gasteiger partial charge is 0.0240 e. The first kappa shape index (κ1) is 8.41. The van der Waals surface area contributed by atoms with E-state index in [9.17, 15) is 0 Å². The van der Waals surface area contributed by atoms with Gasteiger partial charge in [-0.15, -0.1) is 0 Å². The van der Waals surface area contributed by atoms with Gasteiger partial charge in [-0.05, 0) is 39.5 Å². The predicted octanol–water partition coefficient (Wildman–Crippen LogP) is 1.88. The Balaban J connectivity index is 2.45. The molecule has 1 fully saturated rings. The molecule has 1 heterocycles. The molecular formula is C8H17NS. The van der Waals surface area contributed by atoms with Gasteiger partial charge in [0.25, 0.3) is 0 Å². The standard InChI is InChI=1S/C8H17NS/c1-8(2,9-3)7-5-4-6-10-7/h7,9H,4-6H2,1-3H3. The van der Waals surface area contributed by atoms with Gasteiger partial charge in [0, 0.05) is 10.8 Å². The van der Waals surface area contributed by atoms with E-state index in [1.165, 1.54) is 18.6 Å². The molecule has 0 aromatic heterocycles. The highest BCUT2D eigenvalue weighted by Gasteiger charge is 2.30. The SMILES string of the molecule is CNC(C)(C)C1CCCS1. The minimum absolute atomic E-state index is 0.334. The maximum absolute atomic E-state index is 3.36. The number of rotatable bonds is 2. The molecule has 0 spiro atoms. The molecule has 0 aromatic rings. The van der Waals surface area contributed by atoms with E-state index < -0.39 is 0 Å². The topological polar surface area (TPSA) is 12.0 Å². The van der Waals surface area contributed by atoms with Crippen LogP contribution >= 0.6 is 11.8 Å². The van der Waals surface area contributed by atoms with Crippen LogP contribution in [0.1, 0.15) is 26.7 Å². The Kier molecular flexibility index (Phi) is 2.64. The first-order valence-electron chi connectivity index (χ1n) is 3.97. The van der Waals surface area contributed by atoms with Crippen LogP contribution in [0.2, 0.25) is 0 Å². The van der Waals surface area contributed by atoms with Crippen molar-refractivity contribution >= 4 is 11.8 Å². The Bertz CT molecular complexity index is 106. The van der Waals surface area contributed by atoms with E-state index in [-0.39, 0.29) is 0 Å². The van der Waals surface area contributed by atoms with Crippen molar-refractivity contribution in [1.29, 1.82) is 0 Å². The molecule has 0 amide bonds. The largest absolute Gasteiger partial charge is 0.314 e. The molecule has 1 N–H and O–H groups in total.